The number of hydrogen-bond donors (Lipinski definition) is 0. The Kier molecular flexibility index (Phi) is 5.71. The zero-order valence-corrected chi connectivity index (χ0v) is 16.7. The van der Waals surface area contributed by atoms with Crippen LogP contribution in [-0.4, -0.2) is 49.3 Å². The van der Waals surface area contributed by atoms with Crippen LogP contribution in [0.15, 0.2) is 53.6 Å². The van der Waals surface area contributed by atoms with E-state index in [2.05, 4.69) is 6.58 Å². The lowest BCUT2D eigenvalue weighted by molar-refractivity contribution is -0.142. The summed E-state index contributed by atoms with van der Waals surface area (Å²) in [5.41, 5.74) is 0.961. The van der Waals surface area contributed by atoms with Gasteiger partial charge in [0.2, 0.25) is 0 Å². The number of nitriles is 1. The van der Waals surface area contributed by atoms with Gasteiger partial charge in [-0.2, -0.15) is 5.26 Å². The van der Waals surface area contributed by atoms with Crippen molar-refractivity contribution in [2.75, 3.05) is 18.1 Å². The Morgan fingerprint density at radius 1 is 1.34 bits per heavy atom. The predicted molar refractivity (Wildman–Crippen MR) is 107 cm³/mol. The standard InChI is InChI=1S/C21H20N2O5S/c1-3-8-28-17-6-4-5-15(10-17)11-18-14(2)19(12-22)21(25)23(20(18)24)16-7-9-29(26,27)13-16/h3-6,10-11,16H,1,7-9,13H2,2H3. The Morgan fingerprint density at radius 3 is 2.72 bits per heavy atom. The highest BCUT2D eigenvalue weighted by Gasteiger charge is 2.43. The lowest BCUT2D eigenvalue weighted by Gasteiger charge is -2.31. The fourth-order valence-electron chi connectivity index (χ4n) is 3.43. The molecule has 2 heterocycles. The molecule has 3 rings (SSSR count). The maximum Gasteiger partial charge on any atom is 0.271 e. The fraction of sp³-hybridized carbons (Fsp3) is 0.286. The van der Waals surface area contributed by atoms with Gasteiger partial charge in [0.1, 0.15) is 24.0 Å². The summed E-state index contributed by atoms with van der Waals surface area (Å²) in [4.78, 5) is 26.8. The normalized spacial score (nSPS) is 22.7. The van der Waals surface area contributed by atoms with E-state index >= 15 is 0 Å². The topological polar surface area (TPSA) is 105 Å². The highest BCUT2D eigenvalue weighted by Crippen LogP contribution is 2.31. The quantitative estimate of drug-likeness (QED) is 0.416. The molecule has 2 aliphatic rings. The van der Waals surface area contributed by atoms with Gasteiger partial charge < -0.3 is 4.74 Å². The van der Waals surface area contributed by atoms with E-state index in [1.807, 2.05) is 6.07 Å². The third kappa shape index (κ3) is 4.15. The molecule has 29 heavy (non-hydrogen) atoms. The number of carbonyl (C=O) groups excluding carboxylic acids is 2. The smallest absolute Gasteiger partial charge is 0.271 e. The Hall–Kier alpha value is -3.18. The SMILES string of the molecule is C=CCOc1cccc(C=C2C(=O)N(C3CCS(=O)(=O)C3)C(=O)C(C#N)=C2C)c1. The molecule has 0 saturated carbocycles. The number of ether oxygens (including phenoxy) is 1. The first kappa shape index (κ1) is 20.6. The lowest BCUT2D eigenvalue weighted by Crippen LogP contribution is -2.49. The van der Waals surface area contributed by atoms with Gasteiger partial charge in [-0.25, -0.2) is 8.42 Å². The molecule has 0 aromatic heterocycles. The second kappa shape index (κ2) is 8.05. The summed E-state index contributed by atoms with van der Waals surface area (Å²) in [7, 11) is -3.31. The van der Waals surface area contributed by atoms with E-state index in [1.165, 1.54) is 0 Å². The van der Waals surface area contributed by atoms with E-state index < -0.39 is 27.7 Å². The second-order valence-electron chi connectivity index (χ2n) is 6.88. The number of amides is 2. The maximum absolute atomic E-state index is 13.1. The van der Waals surface area contributed by atoms with Crippen LogP contribution in [0.2, 0.25) is 0 Å². The molecule has 1 aromatic carbocycles. The molecular formula is C21H20N2O5S. The molecule has 2 aliphatic heterocycles. The summed E-state index contributed by atoms with van der Waals surface area (Å²) in [5, 5.41) is 9.46. The van der Waals surface area contributed by atoms with E-state index in [1.54, 1.807) is 43.3 Å². The van der Waals surface area contributed by atoms with E-state index in [0.29, 0.717) is 17.9 Å². The van der Waals surface area contributed by atoms with Crippen LogP contribution >= 0.6 is 0 Å². The summed E-state index contributed by atoms with van der Waals surface area (Å²) in [6, 6.07) is 8.11. The average molecular weight is 412 g/mol. The molecule has 0 aliphatic carbocycles. The molecule has 0 bridgehead atoms. The van der Waals surface area contributed by atoms with Crippen LogP contribution in [0.5, 0.6) is 5.75 Å². The first-order chi connectivity index (χ1) is 13.8. The Labute approximate surface area is 169 Å². The van der Waals surface area contributed by atoms with Crippen molar-refractivity contribution in [1.29, 1.82) is 5.26 Å². The van der Waals surface area contributed by atoms with Gasteiger partial charge in [0.05, 0.1) is 17.5 Å². The third-order valence-corrected chi connectivity index (χ3v) is 6.63. The molecule has 8 heteroatoms. The van der Waals surface area contributed by atoms with Crippen LogP contribution < -0.4 is 4.74 Å². The Balaban J connectivity index is 2.03. The number of sulfone groups is 1. The highest BCUT2D eigenvalue weighted by molar-refractivity contribution is 7.91. The molecule has 0 N–H and O–H groups in total. The molecule has 0 radical (unpaired) electrons. The van der Waals surface area contributed by atoms with Gasteiger partial charge in [-0.15, -0.1) is 0 Å². The first-order valence-corrected chi connectivity index (χ1v) is 10.8. The van der Waals surface area contributed by atoms with Gasteiger partial charge in [0.25, 0.3) is 11.8 Å². The minimum atomic E-state index is -3.31. The number of carbonyl (C=O) groups is 2. The highest BCUT2D eigenvalue weighted by atomic mass is 32.2. The molecule has 1 fully saturated rings. The zero-order chi connectivity index (χ0) is 21.2. The first-order valence-electron chi connectivity index (χ1n) is 9.02. The molecule has 7 nitrogen and oxygen atoms in total. The summed E-state index contributed by atoms with van der Waals surface area (Å²) in [5.74, 6) is -1.11. The molecule has 1 unspecified atom stereocenters. The third-order valence-electron chi connectivity index (χ3n) is 4.88. The van der Waals surface area contributed by atoms with Gasteiger partial charge in [-0.05, 0) is 42.7 Å². The fourth-order valence-corrected chi connectivity index (χ4v) is 5.13. The van der Waals surface area contributed by atoms with Crippen LogP contribution in [0.1, 0.15) is 18.9 Å². The van der Waals surface area contributed by atoms with Crippen molar-refractivity contribution in [3.63, 3.8) is 0 Å². The zero-order valence-electron chi connectivity index (χ0n) is 15.9. The summed E-state index contributed by atoms with van der Waals surface area (Å²) < 4.78 is 29.2. The van der Waals surface area contributed by atoms with E-state index in [0.717, 1.165) is 4.90 Å². The molecule has 1 saturated heterocycles. The number of benzene rings is 1. The van der Waals surface area contributed by atoms with Crippen molar-refractivity contribution in [1.82, 2.24) is 4.90 Å². The van der Waals surface area contributed by atoms with Crippen molar-refractivity contribution >= 4 is 27.7 Å². The van der Waals surface area contributed by atoms with Gasteiger partial charge >= 0.3 is 0 Å². The van der Waals surface area contributed by atoms with Crippen molar-refractivity contribution < 1.29 is 22.7 Å². The number of imide groups is 1. The van der Waals surface area contributed by atoms with Crippen LogP contribution in [0.3, 0.4) is 0 Å². The van der Waals surface area contributed by atoms with E-state index in [-0.39, 0.29) is 34.6 Å². The summed E-state index contributed by atoms with van der Waals surface area (Å²) >= 11 is 0. The second-order valence-corrected chi connectivity index (χ2v) is 9.11. The Bertz CT molecular complexity index is 1090. The maximum atomic E-state index is 13.1. The van der Waals surface area contributed by atoms with Crippen LogP contribution in [-0.2, 0) is 19.4 Å². The average Bonchev–Trinajstić information content (AvgIpc) is 3.03. The molecule has 150 valence electrons. The molecule has 1 aromatic rings. The van der Waals surface area contributed by atoms with E-state index in [9.17, 15) is 23.3 Å². The number of hydrogen-bond acceptors (Lipinski definition) is 6. The van der Waals surface area contributed by atoms with Crippen molar-refractivity contribution in [3.05, 3.63) is 59.2 Å². The van der Waals surface area contributed by atoms with Crippen molar-refractivity contribution in [2.45, 2.75) is 19.4 Å². The van der Waals surface area contributed by atoms with Crippen molar-refractivity contribution in [3.8, 4) is 11.8 Å². The minimum absolute atomic E-state index is 0.0823. The molecular weight excluding hydrogens is 392 g/mol. The monoisotopic (exact) mass is 412 g/mol. The van der Waals surface area contributed by atoms with Gasteiger partial charge in [-0.1, -0.05) is 24.8 Å². The molecule has 0 spiro atoms. The van der Waals surface area contributed by atoms with Crippen LogP contribution in [0.25, 0.3) is 6.08 Å². The summed E-state index contributed by atoms with van der Waals surface area (Å²) in [6.45, 7) is 5.47. The van der Waals surface area contributed by atoms with Gasteiger partial charge in [-0.3, -0.25) is 14.5 Å². The Morgan fingerprint density at radius 2 is 2.10 bits per heavy atom. The van der Waals surface area contributed by atoms with Crippen molar-refractivity contribution in [2.24, 2.45) is 0 Å². The van der Waals surface area contributed by atoms with Gasteiger partial charge in [0.15, 0.2) is 9.84 Å². The van der Waals surface area contributed by atoms with E-state index in [4.69, 9.17) is 4.74 Å². The largest absolute Gasteiger partial charge is 0.490 e. The predicted octanol–water partition coefficient (Wildman–Crippen LogP) is 2.03. The number of rotatable bonds is 5. The minimum Gasteiger partial charge on any atom is -0.490 e. The van der Waals surface area contributed by atoms with Crippen LogP contribution in [0, 0.1) is 11.3 Å². The molecule has 2 amide bonds. The molecule has 1 atom stereocenters. The summed E-state index contributed by atoms with van der Waals surface area (Å²) in [6.07, 6.45) is 3.37. The van der Waals surface area contributed by atoms with Gasteiger partial charge in [0, 0.05) is 5.57 Å². The lowest BCUT2D eigenvalue weighted by atomic mass is 9.92. The van der Waals surface area contributed by atoms with Crippen LogP contribution in [0.4, 0.5) is 0 Å². The number of nitrogens with zero attached hydrogens (tertiary/aromatic N) is 2.